The monoisotopic (exact) mass is 152 g/mol. The normalized spacial score (nSPS) is 49.6. The van der Waals surface area contributed by atoms with E-state index < -0.39 is 0 Å². The van der Waals surface area contributed by atoms with E-state index in [1.54, 1.807) is 0 Å². The molecule has 3 fully saturated rings. The fourth-order valence-electron chi connectivity index (χ4n) is 3.24. The van der Waals surface area contributed by atoms with Crippen LogP contribution in [0.4, 0.5) is 0 Å². The van der Waals surface area contributed by atoms with E-state index in [0.29, 0.717) is 0 Å². The Morgan fingerprint density at radius 1 is 1.27 bits per heavy atom. The summed E-state index contributed by atoms with van der Waals surface area (Å²) < 4.78 is 0. The summed E-state index contributed by atoms with van der Waals surface area (Å²) in [5.74, 6) is 1.00. The molecular weight excluding hydrogens is 136 g/mol. The van der Waals surface area contributed by atoms with Crippen LogP contribution in [-0.4, -0.2) is 36.6 Å². The van der Waals surface area contributed by atoms with Crippen LogP contribution in [0.1, 0.15) is 19.3 Å². The zero-order valence-corrected chi connectivity index (χ0v) is 6.92. The van der Waals surface area contributed by atoms with Crippen molar-refractivity contribution >= 4 is 0 Å². The van der Waals surface area contributed by atoms with Gasteiger partial charge in [0.05, 0.1) is 0 Å². The van der Waals surface area contributed by atoms with E-state index in [0.717, 1.165) is 18.0 Å². The summed E-state index contributed by atoms with van der Waals surface area (Å²) in [7, 11) is 0. The van der Waals surface area contributed by atoms with Gasteiger partial charge in [-0.15, -0.1) is 0 Å². The number of hydrogen-bond acceptors (Lipinski definition) is 2. The number of fused-ring (bicyclic) bond motifs is 3. The third-order valence-corrected chi connectivity index (χ3v) is 3.73. The molecule has 0 amide bonds. The molecule has 3 saturated heterocycles. The minimum Gasteiger partial charge on any atom is -0.315 e. The summed E-state index contributed by atoms with van der Waals surface area (Å²) in [5, 5.41) is 3.50. The second kappa shape index (κ2) is 2.20. The van der Waals surface area contributed by atoms with E-state index in [1.165, 1.54) is 38.9 Å². The minimum atomic E-state index is 0.919. The van der Waals surface area contributed by atoms with Crippen molar-refractivity contribution in [2.24, 2.45) is 5.92 Å². The Labute approximate surface area is 68.0 Å². The quantitative estimate of drug-likeness (QED) is 0.542. The smallest absolute Gasteiger partial charge is 0.0264 e. The van der Waals surface area contributed by atoms with E-state index in [2.05, 4.69) is 10.2 Å². The minimum absolute atomic E-state index is 0.919. The third-order valence-electron chi connectivity index (χ3n) is 3.73. The predicted octanol–water partition coefficient (Wildman–Crippen LogP) is 0.442. The number of rotatable bonds is 0. The van der Waals surface area contributed by atoms with Crippen LogP contribution >= 0.6 is 0 Å². The van der Waals surface area contributed by atoms with Gasteiger partial charge < -0.3 is 5.32 Å². The number of hydrogen-bond donors (Lipinski definition) is 1. The van der Waals surface area contributed by atoms with Crippen molar-refractivity contribution < 1.29 is 0 Å². The molecule has 0 radical (unpaired) electrons. The molecule has 3 aliphatic rings. The number of nitrogens with one attached hydrogen (secondary N) is 1. The lowest BCUT2D eigenvalue weighted by atomic mass is 10.0. The van der Waals surface area contributed by atoms with Gasteiger partial charge in [0.15, 0.2) is 0 Å². The molecule has 3 rings (SSSR count). The average molecular weight is 152 g/mol. The molecule has 3 aliphatic heterocycles. The first-order valence-electron chi connectivity index (χ1n) is 4.91. The van der Waals surface area contributed by atoms with E-state index in [4.69, 9.17) is 0 Å². The Hall–Kier alpha value is -0.0800. The summed E-state index contributed by atoms with van der Waals surface area (Å²) in [5.41, 5.74) is 0. The molecule has 0 spiro atoms. The lowest BCUT2D eigenvalue weighted by molar-refractivity contribution is 0.246. The van der Waals surface area contributed by atoms with Gasteiger partial charge in [0.25, 0.3) is 0 Å². The van der Waals surface area contributed by atoms with Crippen LogP contribution < -0.4 is 5.32 Å². The molecule has 0 saturated carbocycles. The fraction of sp³-hybridized carbons (Fsp3) is 1.00. The van der Waals surface area contributed by atoms with Gasteiger partial charge in [-0.1, -0.05) is 0 Å². The van der Waals surface area contributed by atoms with Gasteiger partial charge in [-0.3, -0.25) is 4.90 Å². The first kappa shape index (κ1) is 6.44. The van der Waals surface area contributed by atoms with Crippen molar-refractivity contribution in [2.45, 2.75) is 31.3 Å². The Morgan fingerprint density at radius 3 is 3.27 bits per heavy atom. The molecule has 11 heavy (non-hydrogen) atoms. The molecule has 62 valence electrons. The molecule has 0 aliphatic carbocycles. The molecule has 0 bridgehead atoms. The van der Waals surface area contributed by atoms with Crippen molar-refractivity contribution in [2.75, 3.05) is 19.6 Å². The van der Waals surface area contributed by atoms with E-state index in [9.17, 15) is 0 Å². The van der Waals surface area contributed by atoms with Crippen LogP contribution in [0.15, 0.2) is 0 Å². The molecule has 1 N–H and O–H groups in total. The summed E-state index contributed by atoms with van der Waals surface area (Å²) in [6.45, 7) is 3.94. The maximum absolute atomic E-state index is 3.50. The zero-order valence-electron chi connectivity index (χ0n) is 6.92. The Bertz CT molecular complexity index is 151. The first-order chi connectivity index (χ1) is 5.45. The van der Waals surface area contributed by atoms with E-state index in [-0.39, 0.29) is 0 Å². The van der Waals surface area contributed by atoms with Crippen LogP contribution in [-0.2, 0) is 0 Å². The molecule has 3 heterocycles. The van der Waals surface area contributed by atoms with Gasteiger partial charge in [-0.05, 0) is 38.3 Å². The third kappa shape index (κ3) is 0.798. The van der Waals surface area contributed by atoms with Crippen LogP contribution in [0.2, 0.25) is 0 Å². The van der Waals surface area contributed by atoms with Gasteiger partial charge in [0.2, 0.25) is 0 Å². The zero-order chi connectivity index (χ0) is 7.26. The van der Waals surface area contributed by atoms with Crippen molar-refractivity contribution in [3.63, 3.8) is 0 Å². The second-order valence-corrected chi connectivity index (χ2v) is 4.26. The highest BCUT2D eigenvalue weighted by atomic mass is 15.3. The van der Waals surface area contributed by atoms with Crippen LogP contribution in [0, 0.1) is 5.92 Å². The lowest BCUT2D eigenvalue weighted by Crippen LogP contribution is -2.35. The van der Waals surface area contributed by atoms with Crippen molar-refractivity contribution in [3.05, 3.63) is 0 Å². The summed E-state index contributed by atoms with van der Waals surface area (Å²) >= 11 is 0. The summed E-state index contributed by atoms with van der Waals surface area (Å²) in [4.78, 5) is 2.75. The molecule has 0 aromatic heterocycles. The highest BCUT2D eigenvalue weighted by Crippen LogP contribution is 2.37. The van der Waals surface area contributed by atoms with Gasteiger partial charge in [-0.25, -0.2) is 0 Å². The van der Waals surface area contributed by atoms with Gasteiger partial charge >= 0.3 is 0 Å². The van der Waals surface area contributed by atoms with Gasteiger partial charge in [0.1, 0.15) is 0 Å². The molecule has 0 unspecified atom stereocenters. The van der Waals surface area contributed by atoms with Gasteiger partial charge in [-0.2, -0.15) is 0 Å². The van der Waals surface area contributed by atoms with Crippen LogP contribution in [0.25, 0.3) is 0 Å². The largest absolute Gasteiger partial charge is 0.315 e. The summed E-state index contributed by atoms with van der Waals surface area (Å²) in [6.07, 6.45) is 4.42. The second-order valence-electron chi connectivity index (χ2n) is 4.26. The van der Waals surface area contributed by atoms with Crippen molar-refractivity contribution in [1.29, 1.82) is 0 Å². The standard InChI is InChI=1S/C9H16N2/c1-2-8-4-7-5-10-6-9(7)11(8)3-1/h7-10H,1-6H2/t7-,8+,9+/m0/s1. The number of nitrogens with zero attached hydrogens (tertiary/aromatic N) is 1. The van der Waals surface area contributed by atoms with Crippen molar-refractivity contribution in [1.82, 2.24) is 10.2 Å². The molecule has 3 atom stereocenters. The van der Waals surface area contributed by atoms with Crippen LogP contribution in [0.3, 0.4) is 0 Å². The van der Waals surface area contributed by atoms with Gasteiger partial charge in [0, 0.05) is 18.6 Å². The lowest BCUT2D eigenvalue weighted by Gasteiger charge is -2.21. The molecule has 2 heteroatoms. The Balaban J connectivity index is 1.84. The maximum Gasteiger partial charge on any atom is 0.0264 e. The van der Waals surface area contributed by atoms with Crippen molar-refractivity contribution in [3.8, 4) is 0 Å². The highest BCUT2D eigenvalue weighted by Gasteiger charge is 2.44. The predicted molar refractivity (Wildman–Crippen MR) is 44.5 cm³/mol. The topological polar surface area (TPSA) is 15.3 Å². The molecule has 0 aromatic rings. The Kier molecular flexibility index (Phi) is 1.29. The first-order valence-corrected chi connectivity index (χ1v) is 4.91. The Morgan fingerprint density at radius 2 is 2.27 bits per heavy atom. The molecular formula is C9H16N2. The van der Waals surface area contributed by atoms with E-state index >= 15 is 0 Å². The fourth-order valence-corrected chi connectivity index (χ4v) is 3.24. The molecule has 2 nitrogen and oxygen atoms in total. The maximum atomic E-state index is 3.50. The average Bonchev–Trinajstić information content (AvgIpc) is 2.52. The SMILES string of the molecule is C1C[C@@H]2C[C@H]3CNC[C@H]3N2C1. The molecule has 0 aromatic carbocycles. The van der Waals surface area contributed by atoms with Crippen LogP contribution in [0.5, 0.6) is 0 Å². The van der Waals surface area contributed by atoms with E-state index in [1.807, 2.05) is 0 Å². The summed E-state index contributed by atoms with van der Waals surface area (Å²) in [6, 6.07) is 1.90. The highest BCUT2D eigenvalue weighted by molar-refractivity contribution is 5.01.